The predicted molar refractivity (Wildman–Crippen MR) is 117 cm³/mol. The van der Waals surface area contributed by atoms with Crippen molar-refractivity contribution in [1.29, 1.82) is 0 Å². The van der Waals surface area contributed by atoms with Crippen LogP contribution in [0.2, 0.25) is 0 Å². The first-order chi connectivity index (χ1) is 14.0. The molecule has 1 amide bonds. The van der Waals surface area contributed by atoms with E-state index < -0.39 is 5.25 Å². The smallest absolute Gasteiger partial charge is 0.240 e. The Morgan fingerprint density at radius 1 is 1.24 bits per heavy atom. The topological polar surface area (TPSA) is 81.1 Å². The van der Waals surface area contributed by atoms with E-state index in [1.54, 1.807) is 7.11 Å². The Kier molecular flexibility index (Phi) is 5.51. The van der Waals surface area contributed by atoms with E-state index in [1.807, 2.05) is 61.0 Å². The predicted octanol–water partition coefficient (Wildman–Crippen LogP) is 4.06. The maximum Gasteiger partial charge on any atom is 0.240 e. The van der Waals surface area contributed by atoms with Gasteiger partial charge in [-0.15, -0.1) is 10.2 Å². The van der Waals surface area contributed by atoms with E-state index in [4.69, 9.17) is 4.74 Å². The van der Waals surface area contributed by atoms with Gasteiger partial charge in [0.1, 0.15) is 16.8 Å². The number of hydrogen-bond donors (Lipinski definition) is 2. The molecule has 0 unspecified atom stereocenters. The molecule has 3 aromatic rings. The zero-order valence-corrected chi connectivity index (χ0v) is 18.5. The number of carbonyl (C=O) groups is 1. The molecule has 7 nitrogen and oxygen atoms in total. The molecule has 2 aromatic carbocycles. The number of rotatable bonds is 4. The van der Waals surface area contributed by atoms with Crippen LogP contribution in [0.25, 0.3) is 0 Å². The molecule has 9 heteroatoms. The Balaban J connectivity index is 1.70. The number of carbonyl (C=O) groups excluding carboxylic acids is 1. The first kappa shape index (κ1) is 19.8. The van der Waals surface area contributed by atoms with Crippen molar-refractivity contribution in [3.05, 3.63) is 63.9 Å². The van der Waals surface area contributed by atoms with Gasteiger partial charge in [0.15, 0.2) is 0 Å². The molecule has 29 heavy (non-hydrogen) atoms. The molecule has 0 bridgehead atoms. The van der Waals surface area contributed by atoms with E-state index >= 15 is 0 Å². The second-order valence-electron chi connectivity index (χ2n) is 6.71. The summed E-state index contributed by atoms with van der Waals surface area (Å²) < 4.78 is 7.99. The molecule has 1 aromatic heterocycles. The van der Waals surface area contributed by atoms with Crippen molar-refractivity contribution in [2.45, 2.75) is 30.3 Å². The lowest BCUT2D eigenvalue weighted by atomic mass is 10.0. The van der Waals surface area contributed by atoms with Gasteiger partial charge in [0.2, 0.25) is 11.1 Å². The van der Waals surface area contributed by atoms with Crippen molar-refractivity contribution in [2.75, 3.05) is 17.9 Å². The number of ether oxygens (including phenoxy) is 1. The molecule has 150 valence electrons. The molecule has 2 atom stereocenters. The van der Waals surface area contributed by atoms with Gasteiger partial charge in [0, 0.05) is 5.69 Å². The minimum absolute atomic E-state index is 0.0966. The van der Waals surface area contributed by atoms with Crippen molar-refractivity contribution < 1.29 is 9.53 Å². The van der Waals surface area contributed by atoms with Crippen molar-refractivity contribution >= 4 is 39.3 Å². The van der Waals surface area contributed by atoms with E-state index in [0.717, 1.165) is 32.9 Å². The Morgan fingerprint density at radius 3 is 2.76 bits per heavy atom. The summed E-state index contributed by atoms with van der Waals surface area (Å²) in [5.41, 5.74) is 6.17. The van der Waals surface area contributed by atoms with Crippen LogP contribution in [0.15, 0.2) is 52.1 Å². The molecule has 0 spiro atoms. The lowest BCUT2D eigenvalue weighted by Gasteiger charge is -2.33. The third kappa shape index (κ3) is 3.84. The van der Waals surface area contributed by atoms with Crippen LogP contribution in [0, 0.1) is 13.8 Å². The van der Waals surface area contributed by atoms with Crippen LogP contribution in [0.5, 0.6) is 5.75 Å². The highest BCUT2D eigenvalue weighted by atomic mass is 79.9. The van der Waals surface area contributed by atoms with Gasteiger partial charge in [-0.05, 0) is 59.1 Å². The van der Waals surface area contributed by atoms with Gasteiger partial charge in [0.25, 0.3) is 0 Å². The van der Waals surface area contributed by atoms with Gasteiger partial charge in [-0.3, -0.25) is 4.79 Å². The average molecular weight is 474 g/mol. The number of thioether (sulfide) groups is 1. The lowest BCUT2D eigenvalue weighted by molar-refractivity contribution is -0.116. The summed E-state index contributed by atoms with van der Waals surface area (Å²) in [7, 11) is 1.62. The summed E-state index contributed by atoms with van der Waals surface area (Å²) >= 11 is 4.94. The van der Waals surface area contributed by atoms with Crippen LogP contribution in [-0.2, 0) is 4.79 Å². The summed E-state index contributed by atoms with van der Waals surface area (Å²) in [6.45, 7) is 3.85. The molecule has 4 rings (SSSR count). The van der Waals surface area contributed by atoms with E-state index in [-0.39, 0.29) is 11.9 Å². The molecule has 0 saturated carbocycles. The normalized spacial score (nSPS) is 17.9. The molecule has 0 radical (unpaired) electrons. The lowest BCUT2D eigenvalue weighted by Crippen LogP contribution is -2.41. The number of nitrogens with zero attached hydrogens (tertiary/aromatic N) is 3. The van der Waals surface area contributed by atoms with Gasteiger partial charge in [-0.1, -0.05) is 36.0 Å². The summed E-state index contributed by atoms with van der Waals surface area (Å²) in [4.78, 5) is 13.3. The van der Waals surface area contributed by atoms with Gasteiger partial charge in [0.05, 0.1) is 17.6 Å². The van der Waals surface area contributed by atoms with E-state index in [1.165, 1.54) is 11.8 Å². The van der Waals surface area contributed by atoms with Crippen LogP contribution >= 0.6 is 27.7 Å². The number of nitrogens with one attached hydrogen (secondary N) is 2. The minimum atomic E-state index is -0.439. The SMILES string of the molecule is COc1ccc([C@@H]2Nn3c(C)nnc3S[C@H]2C(=O)Nc2ccccc2C)cc1Br. The largest absolute Gasteiger partial charge is 0.496 e. The highest BCUT2D eigenvalue weighted by Gasteiger charge is 2.37. The standard InChI is InChI=1S/C20H20BrN5O2S/c1-11-6-4-5-7-15(11)22-19(27)18-17(13-8-9-16(28-3)14(21)10-13)25-26-12(2)23-24-20(26)29-18/h4-10,17-18,25H,1-3H3,(H,22,27)/t17-,18+/m0/s1. The fraction of sp³-hybridized carbons (Fsp3) is 0.250. The van der Waals surface area contributed by atoms with Gasteiger partial charge >= 0.3 is 0 Å². The van der Waals surface area contributed by atoms with E-state index in [9.17, 15) is 4.79 Å². The third-order valence-electron chi connectivity index (χ3n) is 4.79. The number of halogens is 1. The molecule has 1 aliphatic rings. The fourth-order valence-corrected chi connectivity index (χ4v) is 4.89. The Labute approximate surface area is 181 Å². The number of amides is 1. The van der Waals surface area contributed by atoms with Crippen molar-refractivity contribution in [3.8, 4) is 5.75 Å². The van der Waals surface area contributed by atoms with Gasteiger partial charge < -0.3 is 15.5 Å². The molecule has 0 fully saturated rings. The van der Waals surface area contributed by atoms with Crippen molar-refractivity contribution in [2.24, 2.45) is 0 Å². The van der Waals surface area contributed by atoms with E-state index in [0.29, 0.717) is 5.16 Å². The van der Waals surface area contributed by atoms with E-state index in [2.05, 4.69) is 36.9 Å². The maximum atomic E-state index is 13.3. The monoisotopic (exact) mass is 473 g/mol. The second-order valence-corrected chi connectivity index (χ2v) is 8.67. The average Bonchev–Trinajstić information content (AvgIpc) is 3.08. The Bertz CT molecular complexity index is 1070. The second kappa shape index (κ2) is 8.08. The molecule has 2 heterocycles. The zero-order valence-electron chi connectivity index (χ0n) is 16.1. The summed E-state index contributed by atoms with van der Waals surface area (Å²) in [5, 5.41) is 11.6. The van der Waals surface area contributed by atoms with Gasteiger partial charge in [-0.25, -0.2) is 4.68 Å². The Morgan fingerprint density at radius 2 is 2.03 bits per heavy atom. The number of hydrogen-bond acceptors (Lipinski definition) is 6. The van der Waals surface area contributed by atoms with Crippen LogP contribution in [0.3, 0.4) is 0 Å². The van der Waals surface area contributed by atoms with Crippen LogP contribution in [0.4, 0.5) is 5.69 Å². The quantitative estimate of drug-likeness (QED) is 0.594. The number of fused-ring (bicyclic) bond motifs is 1. The minimum Gasteiger partial charge on any atom is -0.496 e. The maximum absolute atomic E-state index is 13.3. The van der Waals surface area contributed by atoms with Crippen LogP contribution in [0.1, 0.15) is 23.0 Å². The summed E-state index contributed by atoms with van der Waals surface area (Å²) in [6.07, 6.45) is 0. The number of para-hydroxylation sites is 1. The highest BCUT2D eigenvalue weighted by Crippen LogP contribution is 2.39. The molecule has 2 N–H and O–H groups in total. The fourth-order valence-electron chi connectivity index (χ4n) is 3.20. The van der Waals surface area contributed by atoms with Gasteiger partial charge in [-0.2, -0.15) is 0 Å². The zero-order chi connectivity index (χ0) is 20.5. The van der Waals surface area contributed by atoms with Crippen molar-refractivity contribution in [3.63, 3.8) is 0 Å². The molecule has 0 saturated heterocycles. The first-order valence-corrected chi connectivity index (χ1v) is 10.7. The number of anilines is 1. The summed E-state index contributed by atoms with van der Waals surface area (Å²) in [5.74, 6) is 1.38. The summed E-state index contributed by atoms with van der Waals surface area (Å²) in [6, 6.07) is 13.3. The number of aromatic nitrogens is 3. The van der Waals surface area contributed by atoms with Crippen LogP contribution < -0.4 is 15.5 Å². The molecular weight excluding hydrogens is 454 g/mol. The number of aryl methyl sites for hydroxylation is 2. The molecule has 1 aliphatic heterocycles. The third-order valence-corrected chi connectivity index (χ3v) is 6.63. The number of methoxy groups -OCH3 is 1. The highest BCUT2D eigenvalue weighted by molar-refractivity contribution is 9.10. The van der Waals surface area contributed by atoms with Crippen molar-refractivity contribution in [1.82, 2.24) is 14.9 Å². The number of benzene rings is 2. The molecular formula is C20H20BrN5O2S. The Hall–Kier alpha value is -2.52. The van der Waals surface area contributed by atoms with Crippen LogP contribution in [-0.4, -0.2) is 33.1 Å². The molecule has 0 aliphatic carbocycles. The first-order valence-electron chi connectivity index (χ1n) is 9.03.